The predicted octanol–water partition coefficient (Wildman–Crippen LogP) is 1.24. The van der Waals surface area contributed by atoms with Crippen LogP contribution in [0.25, 0.3) is 0 Å². The van der Waals surface area contributed by atoms with E-state index in [1.807, 2.05) is 0 Å². The van der Waals surface area contributed by atoms with E-state index in [1.165, 1.54) is 0 Å². The Hall–Kier alpha value is -0.283. The Morgan fingerprint density at radius 1 is 1.14 bits per heavy atom. The maximum absolute atomic E-state index is 9.53. The van der Waals surface area contributed by atoms with E-state index in [-0.39, 0.29) is 0 Å². The van der Waals surface area contributed by atoms with Crippen molar-refractivity contribution in [2.75, 3.05) is 55.1 Å². The monoisotopic (exact) mass is 322 g/mol. The Morgan fingerprint density at radius 2 is 1.67 bits per heavy atom. The second-order valence-corrected chi connectivity index (χ2v) is 8.94. The Bertz CT molecular complexity index is 299. The zero-order valence-electron chi connectivity index (χ0n) is 14.3. The van der Waals surface area contributed by atoms with Crippen molar-refractivity contribution in [1.29, 1.82) is 0 Å². The van der Waals surface area contributed by atoms with Gasteiger partial charge in [0.1, 0.15) is 6.54 Å². The number of likely N-dealkylation sites (N-methyl/N-ethyl adjacent to an activating group) is 1. The Labute approximate surface area is 130 Å². The lowest BCUT2D eigenvalue weighted by molar-refractivity contribution is -0.890. The van der Waals surface area contributed by atoms with Gasteiger partial charge in [-0.3, -0.25) is 0 Å². The molecule has 1 N–H and O–H groups in total. The van der Waals surface area contributed by atoms with E-state index >= 15 is 0 Å². The first-order chi connectivity index (χ1) is 9.72. The molecule has 1 unspecified atom stereocenters. The standard InChI is InChI=1S/C14H32NO5Si/c1-13(2)14(16)20-11-10-15(3,4)9-8-12-21(17-5,18-6)19-7/h14,16H,1,8-12H2,2-7H3/q+1. The number of rotatable bonds is 12. The number of aliphatic hydroxyl groups excluding tert-OH is 1. The largest absolute Gasteiger partial charge is 0.500 e. The van der Waals surface area contributed by atoms with Gasteiger partial charge >= 0.3 is 8.80 Å². The van der Waals surface area contributed by atoms with Crippen LogP contribution in [0.5, 0.6) is 0 Å². The van der Waals surface area contributed by atoms with Gasteiger partial charge in [-0.25, -0.2) is 0 Å². The number of aliphatic hydroxyl groups is 1. The molecule has 0 aromatic rings. The molecule has 7 heteroatoms. The van der Waals surface area contributed by atoms with Gasteiger partial charge in [-0.2, -0.15) is 0 Å². The number of ether oxygens (including phenoxy) is 1. The van der Waals surface area contributed by atoms with Crippen molar-refractivity contribution in [1.82, 2.24) is 0 Å². The predicted molar refractivity (Wildman–Crippen MR) is 84.8 cm³/mol. The number of nitrogens with zero attached hydrogens (tertiary/aromatic N) is 1. The van der Waals surface area contributed by atoms with Crippen molar-refractivity contribution >= 4 is 8.80 Å². The van der Waals surface area contributed by atoms with Crippen LogP contribution in [0.2, 0.25) is 6.04 Å². The first kappa shape index (κ1) is 20.7. The summed E-state index contributed by atoms with van der Waals surface area (Å²) in [5.41, 5.74) is 0.622. The third kappa shape index (κ3) is 8.06. The lowest BCUT2D eigenvalue weighted by Gasteiger charge is -2.31. The van der Waals surface area contributed by atoms with E-state index in [9.17, 15) is 5.11 Å². The SMILES string of the molecule is C=C(C)C(O)OCC[N+](C)(C)CCC[Si](OC)(OC)OC. The van der Waals surface area contributed by atoms with Crippen molar-refractivity contribution in [3.05, 3.63) is 12.2 Å². The maximum atomic E-state index is 9.53. The molecule has 0 radical (unpaired) electrons. The molecule has 0 spiro atoms. The van der Waals surface area contributed by atoms with Gasteiger partial charge in [0.15, 0.2) is 6.29 Å². The molecule has 21 heavy (non-hydrogen) atoms. The molecule has 0 aromatic heterocycles. The summed E-state index contributed by atoms with van der Waals surface area (Å²) in [6.45, 7) is 7.66. The van der Waals surface area contributed by atoms with Crippen LogP contribution < -0.4 is 0 Å². The molecule has 0 heterocycles. The van der Waals surface area contributed by atoms with Crippen LogP contribution in [0.4, 0.5) is 0 Å². The van der Waals surface area contributed by atoms with E-state index in [4.69, 9.17) is 18.0 Å². The van der Waals surface area contributed by atoms with E-state index in [0.717, 1.165) is 30.0 Å². The topological polar surface area (TPSA) is 57.2 Å². The van der Waals surface area contributed by atoms with E-state index < -0.39 is 15.1 Å². The lowest BCUT2D eigenvalue weighted by Crippen LogP contribution is -2.46. The fraction of sp³-hybridized carbons (Fsp3) is 0.857. The molecule has 0 saturated heterocycles. The molecule has 0 aliphatic carbocycles. The van der Waals surface area contributed by atoms with Crippen molar-refractivity contribution in [3.63, 3.8) is 0 Å². The first-order valence-corrected chi connectivity index (χ1v) is 9.07. The molecular formula is C14H32NO5Si+. The molecule has 1 atom stereocenters. The molecule has 0 amide bonds. The van der Waals surface area contributed by atoms with E-state index in [0.29, 0.717) is 12.2 Å². The average Bonchev–Trinajstić information content (AvgIpc) is 2.43. The maximum Gasteiger partial charge on any atom is 0.500 e. The van der Waals surface area contributed by atoms with Crippen molar-refractivity contribution in [2.45, 2.75) is 25.7 Å². The summed E-state index contributed by atoms with van der Waals surface area (Å²) in [5, 5.41) is 9.53. The Balaban J connectivity index is 4.10. The van der Waals surface area contributed by atoms with Crippen LogP contribution >= 0.6 is 0 Å². The first-order valence-electron chi connectivity index (χ1n) is 7.14. The second kappa shape index (κ2) is 9.68. The molecule has 0 aromatic carbocycles. The van der Waals surface area contributed by atoms with Gasteiger partial charge in [-0.05, 0) is 12.5 Å². The van der Waals surface area contributed by atoms with Gasteiger partial charge in [0.25, 0.3) is 0 Å². The Kier molecular flexibility index (Phi) is 9.55. The second-order valence-electron chi connectivity index (χ2n) is 5.85. The summed E-state index contributed by atoms with van der Waals surface area (Å²) in [6.07, 6.45) is 0.0677. The van der Waals surface area contributed by atoms with Gasteiger partial charge in [0.2, 0.25) is 0 Å². The quantitative estimate of drug-likeness (QED) is 0.254. The van der Waals surface area contributed by atoms with E-state index in [2.05, 4.69) is 20.7 Å². The highest BCUT2D eigenvalue weighted by atomic mass is 28.4. The third-order valence-electron chi connectivity index (χ3n) is 3.57. The molecule has 0 fully saturated rings. The van der Waals surface area contributed by atoms with Crippen LogP contribution in [0.3, 0.4) is 0 Å². The fourth-order valence-corrected chi connectivity index (χ4v) is 3.65. The Morgan fingerprint density at radius 3 is 2.10 bits per heavy atom. The summed E-state index contributed by atoms with van der Waals surface area (Å²) in [4.78, 5) is 0. The summed E-state index contributed by atoms with van der Waals surface area (Å²) in [6, 6.07) is 0.785. The van der Waals surface area contributed by atoms with Crippen LogP contribution in [0.1, 0.15) is 13.3 Å². The van der Waals surface area contributed by atoms with Gasteiger partial charge in [-0.15, -0.1) is 0 Å². The van der Waals surface area contributed by atoms with Crippen molar-refractivity contribution < 1.29 is 27.6 Å². The van der Waals surface area contributed by atoms with Crippen LogP contribution in [0.15, 0.2) is 12.2 Å². The zero-order valence-corrected chi connectivity index (χ0v) is 15.3. The molecule has 126 valence electrons. The molecular weight excluding hydrogens is 290 g/mol. The highest BCUT2D eigenvalue weighted by Gasteiger charge is 2.37. The third-order valence-corrected chi connectivity index (χ3v) is 6.41. The molecule has 0 saturated carbocycles. The molecule has 6 nitrogen and oxygen atoms in total. The van der Waals surface area contributed by atoms with Gasteiger partial charge in [0, 0.05) is 33.8 Å². The average molecular weight is 322 g/mol. The van der Waals surface area contributed by atoms with E-state index in [1.54, 1.807) is 28.3 Å². The molecule has 0 rings (SSSR count). The van der Waals surface area contributed by atoms with Crippen molar-refractivity contribution in [2.24, 2.45) is 0 Å². The minimum atomic E-state index is -2.47. The highest BCUT2D eigenvalue weighted by molar-refractivity contribution is 6.60. The summed E-state index contributed by atoms with van der Waals surface area (Å²) < 4.78 is 22.4. The van der Waals surface area contributed by atoms with Crippen LogP contribution in [0, 0.1) is 0 Å². The molecule has 0 bridgehead atoms. The van der Waals surface area contributed by atoms with Gasteiger partial charge < -0.3 is 27.6 Å². The smallest absolute Gasteiger partial charge is 0.377 e. The number of quaternary nitrogens is 1. The molecule has 0 aliphatic heterocycles. The normalized spacial score (nSPS) is 14.2. The lowest BCUT2D eigenvalue weighted by atomic mass is 10.3. The fourth-order valence-electron chi connectivity index (χ4n) is 1.95. The van der Waals surface area contributed by atoms with Crippen molar-refractivity contribution in [3.8, 4) is 0 Å². The number of hydrogen-bond donors (Lipinski definition) is 1. The van der Waals surface area contributed by atoms with Crippen LogP contribution in [-0.2, 0) is 18.0 Å². The van der Waals surface area contributed by atoms with Gasteiger partial charge in [-0.1, -0.05) is 6.58 Å². The summed E-state index contributed by atoms with van der Waals surface area (Å²) in [5.74, 6) is 0. The number of hydrogen-bond acceptors (Lipinski definition) is 5. The van der Waals surface area contributed by atoms with Gasteiger partial charge in [0.05, 0.1) is 27.2 Å². The summed E-state index contributed by atoms with van der Waals surface area (Å²) >= 11 is 0. The highest BCUT2D eigenvalue weighted by Crippen LogP contribution is 2.16. The zero-order chi connectivity index (χ0) is 16.5. The minimum Gasteiger partial charge on any atom is -0.377 e. The minimum absolute atomic E-state index is 0.489. The summed E-state index contributed by atoms with van der Waals surface area (Å²) in [7, 11) is 6.68. The molecule has 0 aliphatic rings. The van der Waals surface area contributed by atoms with Crippen LogP contribution in [-0.4, -0.2) is 79.8 Å².